The third-order valence-corrected chi connectivity index (χ3v) is 4.25. The molecule has 2 N–H and O–H groups in total. The van der Waals surface area contributed by atoms with Crippen LogP contribution in [0.1, 0.15) is 70.2 Å². The Labute approximate surface area is 135 Å². The maximum absolute atomic E-state index is 6.09. The molecule has 1 atom stereocenters. The highest BCUT2D eigenvalue weighted by Crippen LogP contribution is 2.33. The third-order valence-electron chi connectivity index (χ3n) is 3.20. The molecular formula is C14H24N6OS. The number of nitrogens with zero attached hydrogens (tertiary/aromatic N) is 5. The molecule has 0 spiro atoms. The largest absolute Gasteiger partial charge is 0.338 e. The maximum Gasteiger partial charge on any atom is 0.239 e. The highest BCUT2D eigenvalue weighted by molar-refractivity contribution is 7.99. The molecule has 0 aliphatic carbocycles. The van der Waals surface area contributed by atoms with E-state index in [1.54, 1.807) is 0 Å². The molecule has 1 unspecified atom stereocenters. The Morgan fingerprint density at radius 3 is 2.64 bits per heavy atom. The predicted molar refractivity (Wildman–Crippen MR) is 86.1 cm³/mol. The average molecular weight is 324 g/mol. The summed E-state index contributed by atoms with van der Waals surface area (Å²) < 4.78 is 6.87. The van der Waals surface area contributed by atoms with Gasteiger partial charge in [0.2, 0.25) is 11.0 Å². The highest BCUT2D eigenvalue weighted by Gasteiger charge is 2.25. The van der Waals surface area contributed by atoms with Crippen LogP contribution in [0.5, 0.6) is 0 Å². The summed E-state index contributed by atoms with van der Waals surface area (Å²) in [6.07, 6.45) is 3.02. The van der Waals surface area contributed by atoms with Crippen molar-refractivity contribution in [2.45, 2.75) is 69.7 Å². The van der Waals surface area contributed by atoms with Crippen molar-refractivity contribution in [3.63, 3.8) is 0 Å². The van der Waals surface area contributed by atoms with Gasteiger partial charge >= 0.3 is 0 Å². The van der Waals surface area contributed by atoms with Gasteiger partial charge in [0.15, 0.2) is 11.6 Å². The molecule has 0 fully saturated rings. The van der Waals surface area contributed by atoms with E-state index in [-0.39, 0.29) is 10.7 Å². The smallest absolute Gasteiger partial charge is 0.239 e. The molecule has 22 heavy (non-hydrogen) atoms. The first-order valence-corrected chi connectivity index (χ1v) is 8.41. The van der Waals surface area contributed by atoms with Gasteiger partial charge in [-0.2, -0.15) is 4.98 Å². The molecule has 0 saturated carbocycles. The van der Waals surface area contributed by atoms with Crippen molar-refractivity contribution in [2.75, 3.05) is 5.84 Å². The molecule has 0 amide bonds. The zero-order valence-corrected chi connectivity index (χ0v) is 14.6. The van der Waals surface area contributed by atoms with Crippen molar-refractivity contribution in [3.05, 3.63) is 17.5 Å². The Balaban J connectivity index is 2.07. The first-order chi connectivity index (χ1) is 10.3. The van der Waals surface area contributed by atoms with Gasteiger partial charge in [-0.05, 0) is 13.3 Å². The first-order valence-electron chi connectivity index (χ1n) is 7.53. The Hall–Kier alpha value is -1.57. The lowest BCUT2D eigenvalue weighted by molar-refractivity contribution is 0.374. The second-order valence-corrected chi connectivity index (χ2v) is 7.65. The molecule has 0 aliphatic rings. The van der Waals surface area contributed by atoms with Gasteiger partial charge in [-0.3, -0.25) is 0 Å². The number of thioether (sulfide) groups is 1. The van der Waals surface area contributed by atoms with E-state index in [1.165, 1.54) is 16.4 Å². The zero-order valence-electron chi connectivity index (χ0n) is 13.8. The number of aromatic nitrogens is 5. The van der Waals surface area contributed by atoms with Crippen molar-refractivity contribution in [1.82, 2.24) is 25.0 Å². The summed E-state index contributed by atoms with van der Waals surface area (Å²) in [6, 6.07) is 0. The summed E-state index contributed by atoms with van der Waals surface area (Å²) in [5, 5.41) is 13.0. The van der Waals surface area contributed by atoms with E-state index in [0.29, 0.717) is 11.0 Å². The minimum atomic E-state index is -0.151. The predicted octanol–water partition coefficient (Wildman–Crippen LogP) is 2.87. The number of hydrogen-bond donors (Lipinski definition) is 1. The molecule has 8 heteroatoms. The molecule has 2 aromatic rings. The highest BCUT2D eigenvalue weighted by atomic mass is 32.2. The van der Waals surface area contributed by atoms with E-state index in [9.17, 15) is 0 Å². The third kappa shape index (κ3) is 3.79. The Morgan fingerprint density at radius 1 is 1.32 bits per heavy atom. The minimum Gasteiger partial charge on any atom is -0.338 e. The summed E-state index contributed by atoms with van der Waals surface area (Å²) in [5.74, 6) is 8.19. The monoisotopic (exact) mass is 324 g/mol. The van der Waals surface area contributed by atoms with Crippen LogP contribution in [-0.4, -0.2) is 25.0 Å². The van der Waals surface area contributed by atoms with Crippen LogP contribution in [0.4, 0.5) is 0 Å². The Kier molecular flexibility index (Phi) is 5.10. The molecule has 0 saturated heterocycles. The number of rotatable bonds is 6. The molecule has 0 aliphatic heterocycles. The van der Waals surface area contributed by atoms with Gasteiger partial charge in [0.25, 0.3) is 0 Å². The number of aryl methyl sites for hydroxylation is 1. The number of unbranched alkanes of at least 4 members (excludes halogenated alkanes) is 1. The standard InChI is InChI=1S/C14H24N6OS/c1-6-7-8-10-16-11(21-19-10)9(2)22-13-18-17-12(20(13)15)14(3,4)5/h9H,6-8,15H2,1-5H3. The van der Waals surface area contributed by atoms with Crippen molar-refractivity contribution in [3.8, 4) is 0 Å². The van der Waals surface area contributed by atoms with Gasteiger partial charge in [-0.15, -0.1) is 10.2 Å². The number of hydrogen-bond acceptors (Lipinski definition) is 7. The van der Waals surface area contributed by atoms with Gasteiger partial charge in [0, 0.05) is 11.8 Å². The summed E-state index contributed by atoms with van der Waals surface area (Å²) in [6.45, 7) is 10.3. The molecule has 2 aromatic heterocycles. The van der Waals surface area contributed by atoms with Crippen molar-refractivity contribution < 1.29 is 4.52 Å². The second-order valence-electron chi connectivity index (χ2n) is 6.34. The van der Waals surface area contributed by atoms with Gasteiger partial charge in [0.1, 0.15) is 0 Å². The molecule has 2 heterocycles. The van der Waals surface area contributed by atoms with Crippen LogP contribution in [0.3, 0.4) is 0 Å². The van der Waals surface area contributed by atoms with Crippen LogP contribution in [0.2, 0.25) is 0 Å². The molecule has 0 bridgehead atoms. The molecule has 7 nitrogen and oxygen atoms in total. The number of nitrogen functional groups attached to an aromatic ring is 1. The summed E-state index contributed by atoms with van der Waals surface area (Å²) >= 11 is 1.47. The van der Waals surface area contributed by atoms with Gasteiger partial charge in [0.05, 0.1) is 5.25 Å². The zero-order chi connectivity index (χ0) is 16.3. The lowest BCUT2D eigenvalue weighted by Gasteiger charge is -2.16. The lowest BCUT2D eigenvalue weighted by Crippen LogP contribution is -2.24. The topological polar surface area (TPSA) is 95.7 Å². The van der Waals surface area contributed by atoms with E-state index < -0.39 is 0 Å². The van der Waals surface area contributed by atoms with Crippen molar-refractivity contribution in [1.29, 1.82) is 0 Å². The first kappa shape index (κ1) is 16.8. The van der Waals surface area contributed by atoms with Crippen LogP contribution in [0.15, 0.2) is 9.68 Å². The average Bonchev–Trinajstić information content (AvgIpc) is 3.03. The molecule has 122 valence electrons. The molecule has 0 aromatic carbocycles. The minimum absolute atomic E-state index is 0.0257. The van der Waals surface area contributed by atoms with E-state index in [0.717, 1.165) is 30.9 Å². The molecule has 0 radical (unpaired) electrons. The Bertz CT molecular complexity index is 615. The summed E-state index contributed by atoms with van der Waals surface area (Å²) in [4.78, 5) is 4.43. The quantitative estimate of drug-likeness (QED) is 0.644. The summed E-state index contributed by atoms with van der Waals surface area (Å²) in [5.41, 5.74) is -0.151. The summed E-state index contributed by atoms with van der Waals surface area (Å²) in [7, 11) is 0. The lowest BCUT2D eigenvalue weighted by atomic mass is 9.96. The van der Waals surface area contributed by atoms with E-state index in [2.05, 4.69) is 48.0 Å². The normalized spacial score (nSPS) is 13.5. The fourth-order valence-corrected chi connectivity index (χ4v) is 2.75. The fourth-order valence-electron chi connectivity index (χ4n) is 1.95. The van der Waals surface area contributed by atoms with Crippen LogP contribution < -0.4 is 5.84 Å². The van der Waals surface area contributed by atoms with Crippen molar-refractivity contribution >= 4 is 11.8 Å². The van der Waals surface area contributed by atoms with E-state index in [1.807, 2.05) is 6.92 Å². The maximum atomic E-state index is 6.09. The van der Waals surface area contributed by atoms with E-state index in [4.69, 9.17) is 10.4 Å². The number of nitrogens with two attached hydrogens (primary N) is 1. The fraction of sp³-hybridized carbons (Fsp3) is 0.714. The van der Waals surface area contributed by atoms with Crippen LogP contribution in [0, 0.1) is 0 Å². The van der Waals surface area contributed by atoms with Crippen LogP contribution >= 0.6 is 11.8 Å². The van der Waals surface area contributed by atoms with E-state index >= 15 is 0 Å². The molecular weight excluding hydrogens is 300 g/mol. The van der Waals surface area contributed by atoms with Gasteiger partial charge in [-0.1, -0.05) is 51.0 Å². The SMILES string of the molecule is CCCCc1noc(C(C)Sc2nnc(C(C)(C)C)n2N)n1. The van der Waals surface area contributed by atoms with Gasteiger partial charge < -0.3 is 10.4 Å². The van der Waals surface area contributed by atoms with Crippen LogP contribution in [0.25, 0.3) is 0 Å². The van der Waals surface area contributed by atoms with Crippen LogP contribution in [-0.2, 0) is 11.8 Å². The molecule has 2 rings (SSSR count). The van der Waals surface area contributed by atoms with Gasteiger partial charge in [-0.25, -0.2) is 4.68 Å². The second kappa shape index (κ2) is 6.68. The van der Waals surface area contributed by atoms with Crippen molar-refractivity contribution in [2.24, 2.45) is 0 Å². The Morgan fingerprint density at radius 2 is 2.05 bits per heavy atom.